The van der Waals surface area contributed by atoms with E-state index < -0.39 is 20.0 Å². The second-order valence-corrected chi connectivity index (χ2v) is 7.95. The van der Waals surface area contributed by atoms with E-state index in [9.17, 15) is 16.8 Å². The van der Waals surface area contributed by atoms with E-state index in [1.165, 1.54) is 20.2 Å². The maximum absolute atomic E-state index is 12.1. The van der Waals surface area contributed by atoms with Crippen molar-refractivity contribution in [2.45, 2.75) is 9.79 Å². The number of halogens is 1. The lowest BCUT2D eigenvalue weighted by atomic mass is 10.3. The van der Waals surface area contributed by atoms with Gasteiger partial charge in [-0.1, -0.05) is 11.6 Å². The number of nitrogens with zero attached hydrogens (tertiary/aromatic N) is 2. The van der Waals surface area contributed by atoms with Crippen LogP contribution in [0, 0.1) is 0 Å². The summed E-state index contributed by atoms with van der Waals surface area (Å²) in [6, 6.07) is 2.22. The molecule has 0 saturated heterocycles. The summed E-state index contributed by atoms with van der Waals surface area (Å²) in [6.07, 6.45) is 1.13. The molecule has 1 aliphatic heterocycles. The third kappa shape index (κ3) is 2.22. The Kier molecular flexibility index (Phi) is 3.33. The monoisotopic (exact) mass is 323 g/mol. The number of benzene rings is 1. The van der Waals surface area contributed by atoms with Crippen LogP contribution < -0.4 is 4.72 Å². The minimum Gasteiger partial charge on any atom is -0.259 e. The van der Waals surface area contributed by atoms with Gasteiger partial charge in [0, 0.05) is 7.05 Å². The topological polar surface area (TPSA) is 95.9 Å². The lowest BCUT2D eigenvalue weighted by Crippen LogP contribution is -2.28. The van der Waals surface area contributed by atoms with Gasteiger partial charge in [0.15, 0.2) is 0 Å². The predicted octanol–water partition coefficient (Wildman–Crippen LogP) is 0.542. The van der Waals surface area contributed by atoms with E-state index in [-0.39, 0.29) is 20.5 Å². The van der Waals surface area contributed by atoms with Crippen LogP contribution in [0.2, 0.25) is 5.02 Å². The lowest BCUT2D eigenvalue weighted by Gasteiger charge is -2.20. The first-order valence-electron chi connectivity index (χ1n) is 4.99. The quantitative estimate of drug-likeness (QED) is 0.859. The maximum atomic E-state index is 12.1. The van der Waals surface area contributed by atoms with Crippen LogP contribution in [-0.4, -0.2) is 41.6 Å². The molecule has 0 atom stereocenters. The third-order valence-corrected chi connectivity index (χ3v) is 6.20. The number of aliphatic imine (C=N–C) groups is 1. The van der Waals surface area contributed by atoms with Gasteiger partial charge in [0.2, 0.25) is 10.0 Å². The highest BCUT2D eigenvalue weighted by atomic mass is 35.5. The number of sulfonamides is 2. The molecule has 1 N–H and O–H groups in total. The van der Waals surface area contributed by atoms with Gasteiger partial charge in [0.25, 0.3) is 10.0 Å². The van der Waals surface area contributed by atoms with Crippen molar-refractivity contribution in [3.63, 3.8) is 0 Å². The molecule has 0 spiro atoms. The third-order valence-electron chi connectivity index (χ3n) is 2.59. The van der Waals surface area contributed by atoms with Gasteiger partial charge in [0.1, 0.15) is 16.1 Å². The van der Waals surface area contributed by atoms with Crippen molar-refractivity contribution in [1.29, 1.82) is 0 Å². The molecular weight excluding hydrogens is 314 g/mol. The summed E-state index contributed by atoms with van der Waals surface area (Å²) in [5.74, 6) is 0. The molecule has 0 aromatic heterocycles. The largest absolute Gasteiger partial charge is 0.266 e. The van der Waals surface area contributed by atoms with Crippen LogP contribution in [-0.2, 0) is 20.0 Å². The second kappa shape index (κ2) is 4.44. The Morgan fingerprint density at radius 2 is 2.00 bits per heavy atom. The van der Waals surface area contributed by atoms with Crippen LogP contribution in [0.5, 0.6) is 0 Å². The highest BCUT2D eigenvalue weighted by molar-refractivity contribution is 7.90. The smallest absolute Gasteiger partial charge is 0.259 e. The molecule has 1 aromatic rings. The zero-order chi connectivity index (χ0) is 14.4. The molecule has 7 nitrogen and oxygen atoms in total. The maximum Gasteiger partial charge on any atom is 0.266 e. The van der Waals surface area contributed by atoms with Crippen LogP contribution in [0.4, 0.5) is 5.69 Å². The van der Waals surface area contributed by atoms with E-state index in [0.717, 1.165) is 16.7 Å². The molecule has 0 bridgehead atoms. The summed E-state index contributed by atoms with van der Waals surface area (Å²) in [4.78, 5) is 3.40. The van der Waals surface area contributed by atoms with Crippen LogP contribution in [0.15, 0.2) is 26.9 Å². The first-order chi connectivity index (χ1) is 8.70. The summed E-state index contributed by atoms with van der Waals surface area (Å²) >= 11 is 5.85. The Hall–Kier alpha value is -1.16. The molecule has 19 heavy (non-hydrogen) atoms. The second-order valence-electron chi connectivity index (χ2n) is 3.72. The Morgan fingerprint density at radius 1 is 1.37 bits per heavy atom. The number of rotatable bonds is 2. The number of hydrogen-bond acceptors (Lipinski definition) is 5. The van der Waals surface area contributed by atoms with Crippen molar-refractivity contribution in [2.75, 3.05) is 14.1 Å². The van der Waals surface area contributed by atoms with Crippen molar-refractivity contribution in [2.24, 2.45) is 4.99 Å². The molecule has 104 valence electrons. The van der Waals surface area contributed by atoms with Gasteiger partial charge in [-0.15, -0.1) is 0 Å². The fourth-order valence-corrected chi connectivity index (χ4v) is 3.98. The Labute approximate surface area is 116 Å². The Morgan fingerprint density at radius 3 is 2.58 bits per heavy atom. The van der Waals surface area contributed by atoms with Crippen LogP contribution in [0.1, 0.15) is 0 Å². The van der Waals surface area contributed by atoms with Crippen LogP contribution in [0.25, 0.3) is 0 Å². The Balaban J connectivity index is 2.81. The Bertz CT molecular complexity index is 771. The molecule has 0 fully saturated rings. The standard InChI is InChI=1S/C9H10ClN3O4S2/c1-11-18(14,15)8-4-9-7(3-6(8)10)12-5-13(2)19(9,16)17/h3-5,11H,1-2H3. The van der Waals surface area contributed by atoms with E-state index in [1.54, 1.807) is 0 Å². The van der Waals surface area contributed by atoms with Gasteiger partial charge in [-0.25, -0.2) is 26.6 Å². The van der Waals surface area contributed by atoms with E-state index in [1.807, 2.05) is 0 Å². The van der Waals surface area contributed by atoms with Crippen LogP contribution >= 0.6 is 11.6 Å². The SMILES string of the molecule is CNS(=O)(=O)c1cc2c(cc1Cl)N=CN(C)S2(=O)=O. The zero-order valence-corrected chi connectivity index (χ0v) is 12.3. The molecule has 0 amide bonds. The van der Waals surface area contributed by atoms with Gasteiger partial charge in [0.05, 0.1) is 10.7 Å². The molecule has 1 aromatic carbocycles. The van der Waals surface area contributed by atoms with Crippen molar-refractivity contribution in [1.82, 2.24) is 9.03 Å². The summed E-state index contributed by atoms with van der Waals surface area (Å²) in [6.45, 7) is 0. The average Bonchev–Trinajstić information content (AvgIpc) is 2.33. The summed E-state index contributed by atoms with van der Waals surface area (Å²) in [5.41, 5.74) is 0.109. The van der Waals surface area contributed by atoms with Gasteiger partial charge < -0.3 is 0 Å². The van der Waals surface area contributed by atoms with E-state index in [2.05, 4.69) is 9.71 Å². The van der Waals surface area contributed by atoms with Gasteiger partial charge in [-0.3, -0.25) is 4.31 Å². The fraction of sp³-hybridized carbons (Fsp3) is 0.222. The van der Waals surface area contributed by atoms with Crippen molar-refractivity contribution >= 4 is 43.7 Å². The highest BCUT2D eigenvalue weighted by Crippen LogP contribution is 2.36. The number of fused-ring (bicyclic) bond motifs is 1. The summed E-state index contributed by atoms with van der Waals surface area (Å²) in [7, 11) is -5.12. The minimum absolute atomic E-state index is 0.0926. The first kappa shape index (κ1) is 14.3. The predicted molar refractivity (Wildman–Crippen MR) is 70.8 cm³/mol. The minimum atomic E-state index is -3.85. The van der Waals surface area contributed by atoms with E-state index in [0.29, 0.717) is 0 Å². The highest BCUT2D eigenvalue weighted by Gasteiger charge is 2.29. The molecule has 0 radical (unpaired) electrons. The summed E-state index contributed by atoms with van der Waals surface area (Å²) in [5, 5.41) is -0.0926. The molecule has 10 heteroatoms. The molecule has 1 aliphatic rings. The molecule has 1 heterocycles. The van der Waals surface area contributed by atoms with Crippen molar-refractivity contribution in [3.8, 4) is 0 Å². The normalized spacial score (nSPS) is 17.3. The number of nitrogens with one attached hydrogen (secondary N) is 1. The molecule has 2 rings (SSSR count). The van der Waals surface area contributed by atoms with E-state index in [4.69, 9.17) is 11.6 Å². The van der Waals surface area contributed by atoms with Gasteiger partial charge in [-0.05, 0) is 19.2 Å². The average molecular weight is 324 g/mol. The molecule has 0 unspecified atom stereocenters. The van der Waals surface area contributed by atoms with Crippen LogP contribution in [0.3, 0.4) is 0 Å². The van der Waals surface area contributed by atoms with Crippen molar-refractivity contribution < 1.29 is 16.8 Å². The summed E-state index contributed by atoms with van der Waals surface area (Å²) < 4.78 is 50.6. The van der Waals surface area contributed by atoms with E-state index >= 15 is 0 Å². The lowest BCUT2D eigenvalue weighted by molar-refractivity contribution is 0.553. The number of hydrogen-bond donors (Lipinski definition) is 1. The molecule has 0 saturated carbocycles. The molecular formula is C9H10ClN3O4S2. The zero-order valence-electron chi connectivity index (χ0n) is 9.95. The first-order valence-corrected chi connectivity index (χ1v) is 8.29. The van der Waals surface area contributed by atoms with Gasteiger partial charge in [-0.2, -0.15) is 0 Å². The molecule has 0 aliphatic carbocycles. The van der Waals surface area contributed by atoms with Crippen molar-refractivity contribution in [3.05, 3.63) is 17.2 Å². The van der Waals surface area contributed by atoms with Gasteiger partial charge >= 0.3 is 0 Å². The fourth-order valence-electron chi connectivity index (χ4n) is 1.51.